The Hall–Kier alpha value is -1.91. The molecule has 3 rings (SSSR count). The average Bonchev–Trinajstić information content (AvgIpc) is 3.41. The zero-order chi connectivity index (χ0) is 29.7. The molecule has 5 atom stereocenters. The van der Waals surface area contributed by atoms with Crippen LogP contribution in [0.15, 0.2) is 24.3 Å². The molecule has 2 fully saturated rings. The molecule has 41 heavy (non-hydrogen) atoms. The fourth-order valence-electron chi connectivity index (χ4n) is 5.36. The molecule has 2 N–H and O–H groups in total. The maximum Gasteiger partial charge on any atom is 0.319 e. The zero-order valence-electron chi connectivity index (χ0n) is 25.1. The van der Waals surface area contributed by atoms with Crippen molar-refractivity contribution in [3.63, 3.8) is 0 Å². The van der Waals surface area contributed by atoms with Gasteiger partial charge >= 0.3 is 12.0 Å². The van der Waals surface area contributed by atoms with Gasteiger partial charge in [0.25, 0.3) is 0 Å². The van der Waals surface area contributed by atoms with E-state index in [9.17, 15) is 9.59 Å². The fourth-order valence-corrected chi connectivity index (χ4v) is 5.48. The van der Waals surface area contributed by atoms with Crippen LogP contribution >= 0.6 is 11.6 Å². The van der Waals surface area contributed by atoms with Gasteiger partial charge in [0.05, 0.1) is 19.1 Å². The monoisotopic (exact) mass is 596 g/mol. The van der Waals surface area contributed by atoms with Gasteiger partial charge in [-0.3, -0.25) is 4.79 Å². The van der Waals surface area contributed by atoms with Crippen LogP contribution < -0.4 is 10.6 Å². The summed E-state index contributed by atoms with van der Waals surface area (Å²) in [4.78, 5) is 25.4. The van der Waals surface area contributed by atoms with Gasteiger partial charge in [-0.2, -0.15) is 0 Å². The molecular formula is C31H49ClN2O7. The van der Waals surface area contributed by atoms with Crippen LogP contribution in [0.5, 0.6) is 0 Å². The van der Waals surface area contributed by atoms with Crippen LogP contribution in [0.25, 0.3) is 0 Å². The number of anilines is 1. The van der Waals surface area contributed by atoms with Crippen molar-refractivity contribution in [2.24, 2.45) is 0 Å². The number of carbonyl (C=O) groups excluding carboxylic acids is 2. The Balaban J connectivity index is 1.55. The molecule has 1 aromatic rings. The highest BCUT2D eigenvalue weighted by Gasteiger charge is 2.58. The number of benzene rings is 1. The number of esters is 1. The zero-order valence-corrected chi connectivity index (χ0v) is 25.9. The number of hydrogen-bond acceptors (Lipinski definition) is 7. The van der Waals surface area contributed by atoms with Crippen molar-refractivity contribution in [2.45, 2.75) is 135 Å². The summed E-state index contributed by atoms with van der Waals surface area (Å²) in [5, 5.41) is 6.22. The molecule has 2 aliphatic heterocycles. The molecular weight excluding hydrogens is 548 g/mol. The molecule has 232 valence electrons. The molecule has 0 unspecified atom stereocenters. The van der Waals surface area contributed by atoms with Crippen LogP contribution in [0.2, 0.25) is 5.02 Å². The van der Waals surface area contributed by atoms with Gasteiger partial charge in [0.1, 0.15) is 18.3 Å². The van der Waals surface area contributed by atoms with E-state index < -0.39 is 48.4 Å². The Labute approximate surface area is 250 Å². The van der Waals surface area contributed by atoms with Gasteiger partial charge in [0.15, 0.2) is 12.1 Å². The molecule has 2 amide bonds. The second kappa shape index (κ2) is 17.3. The largest absolute Gasteiger partial charge is 0.466 e. The quantitative estimate of drug-likeness (QED) is 0.139. The lowest BCUT2D eigenvalue weighted by molar-refractivity contribution is -0.236. The first-order chi connectivity index (χ1) is 19.7. The normalized spacial score (nSPS) is 23.6. The van der Waals surface area contributed by atoms with E-state index >= 15 is 0 Å². The summed E-state index contributed by atoms with van der Waals surface area (Å²) in [6, 6.07) is 5.52. The standard InChI is InChI=1S/C31H49ClN2O7/c1-5-7-8-9-10-11-12-13-14-15-20-38-29-28-27(40-31(3,4)41-28)26(39-29)24(21-25(35)37-6-2)34-30(36)33-23-18-16-22(32)17-19-23/h16-19,24,26-29H,5-15,20-21H2,1-4H3,(H2,33,34,36)/t24-,26-,27+,28+,29+/m1/s1. The molecule has 1 aromatic carbocycles. The Morgan fingerprint density at radius 2 is 1.54 bits per heavy atom. The fraction of sp³-hybridized carbons (Fsp3) is 0.742. The third kappa shape index (κ3) is 11.4. The molecule has 0 bridgehead atoms. The summed E-state index contributed by atoms with van der Waals surface area (Å²) in [6.07, 6.45) is 9.94. The van der Waals surface area contributed by atoms with Crippen molar-refractivity contribution in [2.75, 3.05) is 18.5 Å². The number of carbonyl (C=O) groups is 2. The second-order valence-electron chi connectivity index (χ2n) is 11.3. The topological polar surface area (TPSA) is 104 Å². The first kappa shape index (κ1) is 33.6. The Kier molecular flexibility index (Phi) is 14.1. The Morgan fingerprint density at radius 1 is 0.927 bits per heavy atom. The first-order valence-corrected chi connectivity index (χ1v) is 15.7. The lowest BCUT2D eigenvalue weighted by Crippen LogP contribution is -2.51. The van der Waals surface area contributed by atoms with Crippen molar-refractivity contribution in [1.29, 1.82) is 0 Å². The van der Waals surface area contributed by atoms with E-state index in [4.69, 9.17) is 35.3 Å². The number of halogens is 1. The molecule has 0 aliphatic carbocycles. The maximum atomic E-state index is 12.9. The molecule has 0 spiro atoms. The number of hydrogen-bond donors (Lipinski definition) is 2. The smallest absolute Gasteiger partial charge is 0.319 e. The van der Waals surface area contributed by atoms with E-state index in [0.717, 1.165) is 12.8 Å². The minimum absolute atomic E-state index is 0.0925. The lowest BCUT2D eigenvalue weighted by atomic mass is 10.0. The summed E-state index contributed by atoms with van der Waals surface area (Å²) >= 11 is 5.95. The van der Waals surface area contributed by atoms with Crippen LogP contribution in [-0.4, -0.2) is 61.6 Å². The van der Waals surface area contributed by atoms with Crippen molar-refractivity contribution in [3.05, 3.63) is 29.3 Å². The summed E-state index contributed by atoms with van der Waals surface area (Å²) in [6.45, 7) is 8.42. The summed E-state index contributed by atoms with van der Waals surface area (Å²) in [5.41, 5.74) is 0.561. The van der Waals surface area contributed by atoms with E-state index in [1.54, 1.807) is 31.2 Å². The van der Waals surface area contributed by atoms with E-state index in [2.05, 4.69) is 17.6 Å². The predicted octanol–water partition coefficient (Wildman–Crippen LogP) is 6.97. The summed E-state index contributed by atoms with van der Waals surface area (Å²) < 4.78 is 30.0. The minimum atomic E-state index is -0.851. The number of ether oxygens (including phenoxy) is 5. The molecule has 10 heteroatoms. The van der Waals surface area contributed by atoms with Gasteiger partial charge in [-0.1, -0.05) is 76.3 Å². The minimum Gasteiger partial charge on any atom is -0.466 e. The van der Waals surface area contributed by atoms with Crippen molar-refractivity contribution in [3.8, 4) is 0 Å². The number of amides is 2. The van der Waals surface area contributed by atoms with Crippen molar-refractivity contribution >= 4 is 29.3 Å². The molecule has 0 radical (unpaired) electrons. The number of unbranched alkanes of at least 4 members (excludes halogenated alkanes) is 9. The van der Waals surface area contributed by atoms with Gasteiger partial charge in [-0.15, -0.1) is 0 Å². The van der Waals surface area contributed by atoms with Gasteiger partial charge in [-0.25, -0.2) is 4.79 Å². The van der Waals surface area contributed by atoms with Crippen LogP contribution in [-0.2, 0) is 28.5 Å². The highest BCUT2D eigenvalue weighted by Crippen LogP contribution is 2.40. The van der Waals surface area contributed by atoms with Gasteiger partial charge in [0.2, 0.25) is 0 Å². The SMILES string of the molecule is CCCCCCCCCCCCO[C@H]1O[C@H]([C@@H](CC(=O)OCC)NC(=O)Nc2ccc(Cl)cc2)[C@@H]2OC(C)(C)O[C@H]12. The maximum absolute atomic E-state index is 12.9. The predicted molar refractivity (Wildman–Crippen MR) is 159 cm³/mol. The number of rotatable bonds is 18. The molecule has 9 nitrogen and oxygen atoms in total. The van der Waals surface area contributed by atoms with Crippen molar-refractivity contribution in [1.82, 2.24) is 5.32 Å². The highest BCUT2D eigenvalue weighted by molar-refractivity contribution is 6.30. The summed E-state index contributed by atoms with van der Waals surface area (Å²) in [7, 11) is 0. The number of fused-ring (bicyclic) bond motifs is 1. The number of urea groups is 1. The average molecular weight is 597 g/mol. The Morgan fingerprint density at radius 3 is 2.17 bits per heavy atom. The van der Waals surface area contributed by atoms with Crippen LogP contribution in [0.3, 0.4) is 0 Å². The second-order valence-corrected chi connectivity index (χ2v) is 11.7. The van der Waals surface area contributed by atoms with Gasteiger partial charge in [-0.05, 0) is 51.5 Å². The molecule has 2 heterocycles. The first-order valence-electron chi connectivity index (χ1n) is 15.3. The highest BCUT2D eigenvalue weighted by atomic mass is 35.5. The van der Waals surface area contributed by atoms with E-state index in [1.807, 2.05) is 13.8 Å². The van der Waals surface area contributed by atoms with Crippen LogP contribution in [0.4, 0.5) is 10.5 Å². The molecule has 2 aliphatic rings. The van der Waals surface area contributed by atoms with E-state index in [-0.39, 0.29) is 13.0 Å². The summed E-state index contributed by atoms with van der Waals surface area (Å²) in [5.74, 6) is -1.30. The van der Waals surface area contributed by atoms with E-state index in [1.165, 1.54) is 51.4 Å². The molecule has 0 aromatic heterocycles. The molecule has 2 saturated heterocycles. The lowest BCUT2D eigenvalue weighted by Gasteiger charge is -2.29. The van der Waals surface area contributed by atoms with Gasteiger partial charge < -0.3 is 34.3 Å². The number of nitrogens with one attached hydrogen (secondary N) is 2. The van der Waals surface area contributed by atoms with E-state index in [0.29, 0.717) is 17.3 Å². The van der Waals surface area contributed by atoms with Gasteiger partial charge in [0, 0.05) is 17.3 Å². The Bertz CT molecular complexity index is 930. The van der Waals surface area contributed by atoms with Crippen molar-refractivity contribution < 1.29 is 33.3 Å². The third-order valence-corrected chi connectivity index (χ3v) is 7.59. The van der Waals surface area contributed by atoms with Crippen LogP contribution in [0.1, 0.15) is 98.3 Å². The van der Waals surface area contributed by atoms with Crippen LogP contribution in [0, 0.1) is 0 Å². The third-order valence-electron chi connectivity index (χ3n) is 7.33. The molecule has 0 saturated carbocycles.